The summed E-state index contributed by atoms with van der Waals surface area (Å²) in [6.45, 7) is 1.84. The normalized spacial score (nSPS) is 10.4. The van der Waals surface area contributed by atoms with E-state index in [9.17, 15) is 4.79 Å². The van der Waals surface area contributed by atoms with Crippen molar-refractivity contribution in [2.75, 3.05) is 16.8 Å². The van der Waals surface area contributed by atoms with E-state index in [-0.39, 0.29) is 5.91 Å². The van der Waals surface area contributed by atoms with Crippen LogP contribution in [0.2, 0.25) is 0 Å². The van der Waals surface area contributed by atoms with Crippen LogP contribution in [0.4, 0.5) is 11.4 Å². The third-order valence-electron chi connectivity index (χ3n) is 2.33. The van der Waals surface area contributed by atoms with Gasteiger partial charge in [-0.1, -0.05) is 11.8 Å². The maximum atomic E-state index is 11.7. The molecule has 2 rings (SSSR count). The molecule has 0 saturated carbocycles. The van der Waals surface area contributed by atoms with E-state index in [1.54, 1.807) is 24.3 Å². The molecule has 0 fully saturated rings. The Morgan fingerprint density at radius 2 is 2.16 bits per heavy atom. The lowest BCUT2D eigenvalue weighted by Gasteiger charge is -2.04. The number of anilines is 2. The number of nitrogens with zero attached hydrogens (tertiary/aromatic N) is 2. The molecule has 1 aromatic carbocycles. The van der Waals surface area contributed by atoms with E-state index >= 15 is 0 Å². The highest BCUT2D eigenvalue weighted by Crippen LogP contribution is 2.14. The molecule has 19 heavy (non-hydrogen) atoms. The molecule has 1 heterocycles. The van der Waals surface area contributed by atoms with Crippen molar-refractivity contribution in [1.82, 2.24) is 15.2 Å². The predicted octanol–water partition coefficient (Wildman–Crippen LogP) is 1.82. The van der Waals surface area contributed by atoms with Crippen molar-refractivity contribution in [2.45, 2.75) is 18.5 Å². The van der Waals surface area contributed by atoms with Gasteiger partial charge < -0.3 is 11.1 Å². The Kier molecular flexibility index (Phi) is 4.40. The molecule has 100 valence electrons. The summed E-state index contributed by atoms with van der Waals surface area (Å²) in [5.74, 6) is 1.37. The van der Waals surface area contributed by atoms with Gasteiger partial charge in [0.15, 0.2) is 0 Å². The number of H-pyrrole nitrogens is 1. The van der Waals surface area contributed by atoms with Gasteiger partial charge in [0.1, 0.15) is 5.82 Å². The van der Waals surface area contributed by atoms with Crippen molar-refractivity contribution in [3.63, 3.8) is 0 Å². The average molecular weight is 277 g/mol. The van der Waals surface area contributed by atoms with Gasteiger partial charge in [-0.25, -0.2) is 4.98 Å². The summed E-state index contributed by atoms with van der Waals surface area (Å²) in [5.41, 5.74) is 6.99. The van der Waals surface area contributed by atoms with Crippen LogP contribution < -0.4 is 11.1 Å². The lowest BCUT2D eigenvalue weighted by Crippen LogP contribution is -2.12. The van der Waals surface area contributed by atoms with Gasteiger partial charge >= 0.3 is 0 Å². The zero-order chi connectivity index (χ0) is 13.7. The van der Waals surface area contributed by atoms with Crippen LogP contribution in [0.3, 0.4) is 0 Å². The van der Waals surface area contributed by atoms with Crippen molar-refractivity contribution in [1.29, 1.82) is 0 Å². The summed E-state index contributed by atoms with van der Waals surface area (Å²) in [5, 5.41) is 10.2. The molecule has 0 saturated heterocycles. The summed E-state index contributed by atoms with van der Waals surface area (Å²) in [6, 6.07) is 7.06. The molecular formula is C12H15N5OS. The number of nitrogen functional groups attached to an aromatic ring is 1. The van der Waals surface area contributed by atoms with Crippen LogP contribution in [0.25, 0.3) is 0 Å². The van der Waals surface area contributed by atoms with Crippen molar-refractivity contribution in [3.8, 4) is 0 Å². The Morgan fingerprint density at radius 3 is 2.79 bits per heavy atom. The Morgan fingerprint density at radius 1 is 1.42 bits per heavy atom. The molecule has 4 N–H and O–H groups in total. The number of carbonyl (C=O) groups is 1. The molecule has 6 nitrogen and oxygen atoms in total. The number of aromatic nitrogens is 3. The van der Waals surface area contributed by atoms with Crippen LogP contribution in [0, 0.1) is 6.92 Å². The number of aromatic amines is 1. The molecule has 1 amide bonds. The number of amides is 1. The quantitative estimate of drug-likeness (QED) is 0.572. The van der Waals surface area contributed by atoms with Crippen molar-refractivity contribution < 1.29 is 4.79 Å². The van der Waals surface area contributed by atoms with Crippen LogP contribution in [0.15, 0.2) is 29.4 Å². The fraction of sp³-hybridized carbons (Fsp3) is 0.250. The summed E-state index contributed by atoms with van der Waals surface area (Å²) >= 11 is 1.45. The topological polar surface area (TPSA) is 96.7 Å². The van der Waals surface area contributed by atoms with E-state index in [0.29, 0.717) is 23.0 Å². The van der Waals surface area contributed by atoms with Gasteiger partial charge in [-0.3, -0.25) is 9.89 Å². The number of hydrogen-bond donors (Lipinski definition) is 3. The third kappa shape index (κ3) is 4.29. The number of nitrogens with one attached hydrogen (secondary N) is 2. The van der Waals surface area contributed by atoms with Gasteiger partial charge in [0.2, 0.25) is 11.1 Å². The lowest BCUT2D eigenvalue weighted by molar-refractivity contribution is -0.115. The third-order valence-corrected chi connectivity index (χ3v) is 3.18. The molecule has 7 heteroatoms. The largest absolute Gasteiger partial charge is 0.399 e. The lowest BCUT2D eigenvalue weighted by atomic mass is 10.3. The molecule has 0 aliphatic carbocycles. The summed E-state index contributed by atoms with van der Waals surface area (Å²) < 4.78 is 0. The monoisotopic (exact) mass is 277 g/mol. The number of benzene rings is 1. The van der Waals surface area contributed by atoms with Gasteiger partial charge in [-0.2, -0.15) is 0 Å². The second-order valence-electron chi connectivity index (χ2n) is 3.97. The van der Waals surface area contributed by atoms with Gasteiger partial charge in [0, 0.05) is 23.5 Å². The number of rotatable bonds is 5. The standard InChI is InChI=1S/C12H15N5OS/c1-8-14-12(17-16-8)19-7-6-11(18)15-10-4-2-9(13)3-5-10/h2-5H,6-7,13H2,1H3,(H,15,18)(H,14,16,17). The SMILES string of the molecule is Cc1nc(SCCC(=O)Nc2ccc(N)cc2)n[nH]1. The maximum absolute atomic E-state index is 11.7. The van der Waals surface area contributed by atoms with Crippen LogP contribution in [-0.4, -0.2) is 26.8 Å². The minimum Gasteiger partial charge on any atom is -0.399 e. The van der Waals surface area contributed by atoms with Gasteiger partial charge in [0.05, 0.1) is 0 Å². The summed E-state index contributed by atoms with van der Waals surface area (Å²) in [7, 11) is 0. The van der Waals surface area contributed by atoms with Crippen LogP contribution >= 0.6 is 11.8 Å². The molecule has 0 radical (unpaired) electrons. The summed E-state index contributed by atoms with van der Waals surface area (Å²) in [4.78, 5) is 15.8. The first-order valence-corrected chi connectivity index (χ1v) is 6.79. The Hall–Kier alpha value is -2.02. The van der Waals surface area contributed by atoms with Gasteiger partial charge in [-0.05, 0) is 31.2 Å². The van der Waals surface area contributed by atoms with Crippen molar-refractivity contribution >= 4 is 29.0 Å². The second kappa shape index (κ2) is 6.24. The number of nitrogens with two attached hydrogens (primary N) is 1. The molecule has 0 aliphatic heterocycles. The highest BCUT2D eigenvalue weighted by Gasteiger charge is 2.05. The van der Waals surface area contributed by atoms with Crippen LogP contribution in [-0.2, 0) is 4.79 Å². The fourth-order valence-corrected chi connectivity index (χ4v) is 2.19. The van der Waals surface area contributed by atoms with Gasteiger partial charge in [0.25, 0.3) is 0 Å². The maximum Gasteiger partial charge on any atom is 0.225 e. The molecule has 0 atom stereocenters. The number of thioether (sulfide) groups is 1. The number of aryl methyl sites for hydroxylation is 1. The predicted molar refractivity (Wildman–Crippen MR) is 75.9 cm³/mol. The van der Waals surface area contributed by atoms with E-state index in [2.05, 4.69) is 20.5 Å². The first-order chi connectivity index (χ1) is 9.13. The highest BCUT2D eigenvalue weighted by molar-refractivity contribution is 7.99. The van der Waals surface area contributed by atoms with E-state index in [4.69, 9.17) is 5.73 Å². The summed E-state index contributed by atoms with van der Waals surface area (Å²) in [6.07, 6.45) is 0.405. The van der Waals surface area contributed by atoms with Crippen LogP contribution in [0.1, 0.15) is 12.2 Å². The van der Waals surface area contributed by atoms with E-state index in [1.165, 1.54) is 11.8 Å². The molecule has 0 spiro atoms. The average Bonchev–Trinajstić information content (AvgIpc) is 2.78. The highest BCUT2D eigenvalue weighted by atomic mass is 32.2. The smallest absolute Gasteiger partial charge is 0.225 e. The minimum absolute atomic E-state index is 0.0375. The zero-order valence-corrected chi connectivity index (χ0v) is 11.3. The molecule has 1 aromatic heterocycles. The first-order valence-electron chi connectivity index (χ1n) is 5.80. The number of carbonyl (C=O) groups excluding carboxylic acids is 1. The van der Waals surface area contributed by atoms with Crippen LogP contribution in [0.5, 0.6) is 0 Å². The Bertz CT molecular complexity index is 552. The molecule has 0 bridgehead atoms. The van der Waals surface area contributed by atoms with Crippen molar-refractivity contribution in [3.05, 3.63) is 30.1 Å². The van der Waals surface area contributed by atoms with E-state index < -0.39 is 0 Å². The Balaban J connectivity index is 1.74. The Labute approximate surface area is 115 Å². The van der Waals surface area contributed by atoms with E-state index in [1.807, 2.05) is 6.92 Å². The molecular weight excluding hydrogens is 262 g/mol. The second-order valence-corrected chi connectivity index (χ2v) is 5.03. The molecule has 0 unspecified atom stereocenters. The zero-order valence-electron chi connectivity index (χ0n) is 10.5. The van der Waals surface area contributed by atoms with Gasteiger partial charge in [-0.15, -0.1) is 5.10 Å². The van der Waals surface area contributed by atoms with Crippen molar-refractivity contribution in [2.24, 2.45) is 0 Å². The molecule has 0 aliphatic rings. The molecule has 2 aromatic rings. The van der Waals surface area contributed by atoms with E-state index in [0.717, 1.165) is 11.5 Å². The first kappa shape index (κ1) is 13.4. The minimum atomic E-state index is -0.0375. The fourth-order valence-electron chi connectivity index (χ4n) is 1.41. The number of hydrogen-bond acceptors (Lipinski definition) is 5.